The Hall–Kier alpha value is -0.120. The molecule has 0 saturated heterocycles. The summed E-state index contributed by atoms with van der Waals surface area (Å²) in [4.78, 5) is 2.24. The highest BCUT2D eigenvalue weighted by molar-refractivity contribution is 4.90. The fourth-order valence-electron chi connectivity index (χ4n) is 1.31. The van der Waals surface area contributed by atoms with E-state index in [0.717, 1.165) is 19.8 Å². The van der Waals surface area contributed by atoms with E-state index in [4.69, 9.17) is 4.74 Å². The number of nitrogens with one attached hydrogen (secondary N) is 1. The standard InChI is InChI=1S/C11H26N2O/c1-7-12-10(9-14-8-2)11(3,4)13(5)6/h10,12H,7-9H2,1-6H3. The first-order valence-electron chi connectivity index (χ1n) is 5.45. The second kappa shape index (κ2) is 6.38. The quantitative estimate of drug-likeness (QED) is 0.674. The lowest BCUT2D eigenvalue weighted by Crippen LogP contribution is -2.57. The van der Waals surface area contributed by atoms with Gasteiger partial charge in [0.1, 0.15) is 0 Å². The zero-order valence-corrected chi connectivity index (χ0v) is 10.6. The molecule has 0 aromatic rings. The minimum Gasteiger partial charge on any atom is -0.380 e. The summed E-state index contributed by atoms with van der Waals surface area (Å²) in [7, 11) is 4.21. The van der Waals surface area contributed by atoms with Crippen molar-refractivity contribution in [1.82, 2.24) is 10.2 Å². The van der Waals surface area contributed by atoms with Crippen molar-refractivity contribution in [2.45, 2.75) is 39.3 Å². The van der Waals surface area contributed by atoms with Crippen LogP contribution >= 0.6 is 0 Å². The van der Waals surface area contributed by atoms with Gasteiger partial charge in [-0.15, -0.1) is 0 Å². The van der Waals surface area contributed by atoms with E-state index in [0.29, 0.717) is 6.04 Å². The molecule has 1 unspecified atom stereocenters. The molecule has 3 nitrogen and oxygen atoms in total. The zero-order valence-electron chi connectivity index (χ0n) is 10.6. The average molecular weight is 202 g/mol. The van der Waals surface area contributed by atoms with E-state index < -0.39 is 0 Å². The fourth-order valence-corrected chi connectivity index (χ4v) is 1.31. The molecule has 0 aliphatic heterocycles. The summed E-state index contributed by atoms with van der Waals surface area (Å²) in [6.45, 7) is 11.2. The number of likely N-dealkylation sites (N-methyl/N-ethyl adjacent to an activating group) is 2. The Morgan fingerprint density at radius 2 is 1.86 bits per heavy atom. The monoisotopic (exact) mass is 202 g/mol. The summed E-state index contributed by atoms with van der Waals surface area (Å²) in [5.74, 6) is 0. The largest absolute Gasteiger partial charge is 0.380 e. The van der Waals surface area contributed by atoms with Gasteiger partial charge >= 0.3 is 0 Å². The van der Waals surface area contributed by atoms with Gasteiger partial charge in [0.25, 0.3) is 0 Å². The lowest BCUT2D eigenvalue weighted by Gasteiger charge is -2.40. The first kappa shape index (κ1) is 13.9. The summed E-state index contributed by atoms with van der Waals surface area (Å²) in [5, 5.41) is 3.47. The summed E-state index contributed by atoms with van der Waals surface area (Å²) >= 11 is 0. The molecular weight excluding hydrogens is 176 g/mol. The normalized spacial score (nSPS) is 14.8. The van der Waals surface area contributed by atoms with E-state index in [-0.39, 0.29) is 5.54 Å². The fraction of sp³-hybridized carbons (Fsp3) is 1.00. The van der Waals surface area contributed by atoms with Gasteiger partial charge in [-0.25, -0.2) is 0 Å². The molecule has 0 saturated carbocycles. The lowest BCUT2D eigenvalue weighted by molar-refractivity contribution is 0.0541. The van der Waals surface area contributed by atoms with Gasteiger partial charge in [0, 0.05) is 18.2 Å². The number of ether oxygens (including phenoxy) is 1. The third-order valence-electron chi connectivity index (χ3n) is 2.94. The molecule has 0 spiro atoms. The van der Waals surface area contributed by atoms with Crippen molar-refractivity contribution in [2.75, 3.05) is 33.9 Å². The van der Waals surface area contributed by atoms with E-state index in [2.05, 4.69) is 45.1 Å². The van der Waals surface area contributed by atoms with Gasteiger partial charge in [-0.05, 0) is 41.4 Å². The SMILES string of the molecule is CCNC(COCC)C(C)(C)N(C)C. The molecule has 86 valence electrons. The Balaban J connectivity index is 4.29. The minimum absolute atomic E-state index is 0.116. The van der Waals surface area contributed by atoms with Crippen LogP contribution in [0.15, 0.2) is 0 Å². The van der Waals surface area contributed by atoms with Gasteiger partial charge in [0.05, 0.1) is 6.61 Å². The molecular formula is C11H26N2O. The van der Waals surface area contributed by atoms with Gasteiger partial charge in [-0.2, -0.15) is 0 Å². The number of hydrogen-bond acceptors (Lipinski definition) is 3. The van der Waals surface area contributed by atoms with Gasteiger partial charge in [-0.3, -0.25) is 0 Å². The van der Waals surface area contributed by atoms with E-state index in [9.17, 15) is 0 Å². The Morgan fingerprint density at radius 3 is 2.21 bits per heavy atom. The van der Waals surface area contributed by atoms with Crippen molar-refractivity contribution in [3.63, 3.8) is 0 Å². The highest BCUT2D eigenvalue weighted by atomic mass is 16.5. The summed E-state index contributed by atoms with van der Waals surface area (Å²) in [6, 6.07) is 0.377. The van der Waals surface area contributed by atoms with Crippen LogP contribution in [0.4, 0.5) is 0 Å². The number of hydrogen-bond donors (Lipinski definition) is 1. The molecule has 1 atom stereocenters. The van der Waals surface area contributed by atoms with Crippen molar-refractivity contribution in [3.05, 3.63) is 0 Å². The Morgan fingerprint density at radius 1 is 1.29 bits per heavy atom. The van der Waals surface area contributed by atoms with Crippen LogP contribution in [0, 0.1) is 0 Å². The highest BCUT2D eigenvalue weighted by Gasteiger charge is 2.30. The second-order valence-corrected chi connectivity index (χ2v) is 4.32. The van der Waals surface area contributed by atoms with Gasteiger partial charge < -0.3 is 15.0 Å². The summed E-state index contributed by atoms with van der Waals surface area (Å²) < 4.78 is 5.50. The van der Waals surface area contributed by atoms with Gasteiger partial charge in [0.15, 0.2) is 0 Å². The van der Waals surface area contributed by atoms with Crippen LogP contribution in [0.25, 0.3) is 0 Å². The molecule has 0 aromatic carbocycles. The zero-order chi connectivity index (χ0) is 11.2. The predicted octanol–water partition coefficient (Wildman–Crippen LogP) is 1.34. The average Bonchev–Trinajstić information content (AvgIpc) is 2.11. The molecule has 1 N–H and O–H groups in total. The molecule has 0 fully saturated rings. The van der Waals surface area contributed by atoms with Gasteiger partial charge in [0.2, 0.25) is 0 Å². The van der Waals surface area contributed by atoms with Crippen LogP contribution in [-0.4, -0.2) is 50.3 Å². The maximum atomic E-state index is 5.50. The van der Waals surface area contributed by atoms with Crippen LogP contribution in [0.3, 0.4) is 0 Å². The van der Waals surface area contributed by atoms with Crippen LogP contribution in [0.5, 0.6) is 0 Å². The molecule has 14 heavy (non-hydrogen) atoms. The van der Waals surface area contributed by atoms with E-state index in [1.54, 1.807) is 0 Å². The molecule has 0 amide bonds. The van der Waals surface area contributed by atoms with E-state index in [1.807, 2.05) is 6.92 Å². The molecule has 0 aliphatic rings. The first-order valence-corrected chi connectivity index (χ1v) is 5.45. The third kappa shape index (κ3) is 3.95. The molecule has 0 rings (SSSR count). The smallest absolute Gasteiger partial charge is 0.0637 e. The number of nitrogens with zero attached hydrogens (tertiary/aromatic N) is 1. The maximum Gasteiger partial charge on any atom is 0.0637 e. The molecule has 0 bridgehead atoms. The maximum absolute atomic E-state index is 5.50. The Bertz CT molecular complexity index is 146. The van der Waals surface area contributed by atoms with Crippen molar-refractivity contribution in [3.8, 4) is 0 Å². The van der Waals surface area contributed by atoms with E-state index in [1.165, 1.54) is 0 Å². The van der Waals surface area contributed by atoms with Crippen molar-refractivity contribution in [1.29, 1.82) is 0 Å². The van der Waals surface area contributed by atoms with Crippen molar-refractivity contribution >= 4 is 0 Å². The van der Waals surface area contributed by atoms with Crippen LogP contribution < -0.4 is 5.32 Å². The topological polar surface area (TPSA) is 24.5 Å². The van der Waals surface area contributed by atoms with Crippen molar-refractivity contribution in [2.24, 2.45) is 0 Å². The third-order valence-corrected chi connectivity index (χ3v) is 2.94. The summed E-state index contributed by atoms with van der Waals surface area (Å²) in [5.41, 5.74) is 0.116. The van der Waals surface area contributed by atoms with Crippen LogP contribution in [-0.2, 0) is 4.74 Å². The number of rotatable bonds is 7. The Labute approximate surface area is 88.8 Å². The van der Waals surface area contributed by atoms with Crippen molar-refractivity contribution < 1.29 is 4.74 Å². The minimum atomic E-state index is 0.116. The highest BCUT2D eigenvalue weighted by Crippen LogP contribution is 2.16. The molecule has 3 heteroatoms. The van der Waals surface area contributed by atoms with Crippen LogP contribution in [0.2, 0.25) is 0 Å². The molecule has 0 heterocycles. The Kier molecular flexibility index (Phi) is 6.33. The first-order chi connectivity index (χ1) is 6.46. The molecule has 0 aromatic heterocycles. The van der Waals surface area contributed by atoms with Crippen LogP contribution in [0.1, 0.15) is 27.7 Å². The summed E-state index contributed by atoms with van der Waals surface area (Å²) in [6.07, 6.45) is 0. The lowest BCUT2D eigenvalue weighted by atomic mass is 9.93. The predicted molar refractivity (Wildman–Crippen MR) is 61.7 cm³/mol. The molecule has 0 aliphatic carbocycles. The van der Waals surface area contributed by atoms with E-state index >= 15 is 0 Å². The van der Waals surface area contributed by atoms with Gasteiger partial charge in [-0.1, -0.05) is 6.92 Å². The second-order valence-electron chi connectivity index (χ2n) is 4.32. The molecule has 0 radical (unpaired) electrons.